The zero-order valence-corrected chi connectivity index (χ0v) is 16.3. The molecule has 3 aromatic rings. The second-order valence-corrected chi connectivity index (χ2v) is 6.82. The Labute approximate surface area is 158 Å². The van der Waals surface area contributed by atoms with E-state index in [1.807, 2.05) is 31.3 Å². The summed E-state index contributed by atoms with van der Waals surface area (Å²) in [5.41, 5.74) is 4.73. The van der Waals surface area contributed by atoms with Crippen molar-refractivity contribution in [2.24, 2.45) is 0 Å². The molecule has 0 radical (unpaired) electrons. The minimum Gasteiger partial charge on any atom is -0.497 e. The van der Waals surface area contributed by atoms with Gasteiger partial charge >= 0.3 is 0 Å². The molecule has 7 heteroatoms. The molecule has 0 saturated carbocycles. The largest absolute Gasteiger partial charge is 0.497 e. The van der Waals surface area contributed by atoms with Crippen molar-refractivity contribution in [1.29, 1.82) is 0 Å². The first kappa shape index (κ1) is 18.3. The quantitative estimate of drug-likeness (QED) is 0.622. The zero-order valence-electron chi connectivity index (χ0n) is 15.5. The fraction of sp³-hybridized carbons (Fsp3) is 0.316. The summed E-state index contributed by atoms with van der Waals surface area (Å²) < 4.78 is 9.12. The lowest BCUT2D eigenvalue weighted by Gasteiger charge is -2.17. The molecule has 0 saturated heterocycles. The van der Waals surface area contributed by atoms with Crippen molar-refractivity contribution in [2.75, 3.05) is 14.2 Å². The summed E-state index contributed by atoms with van der Waals surface area (Å²) in [5.74, 6) is 0.792. The molecule has 0 fully saturated rings. The molecular formula is C19H23N5OS. The first-order chi connectivity index (χ1) is 12.5. The normalized spacial score (nSPS) is 11.1. The van der Waals surface area contributed by atoms with Crippen LogP contribution in [0.5, 0.6) is 5.75 Å². The molecule has 1 heterocycles. The number of rotatable bonds is 6. The summed E-state index contributed by atoms with van der Waals surface area (Å²) in [5, 5.41) is 8.39. The van der Waals surface area contributed by atoms with Gasteiger partial charge in [0.15, 0.2) is 0 Å². The monoisotopic (exact) mass is 369 g/mol. The number of aryl methyl sites for hydroxylation is 2. The van der Waals surface area contributed by atoms with Crippen LogP contribution in [0.25, 0.3) is 5.69 Å². The van der Waals surface area contributed by atoms with Crippen molar-refractivity contribution in [3.05, 3.63) is 63.9 Å². The molecular weight excluding hydrogens is 346 g/mol. The highest BCUT2D eigenvalue weighted by atomic mass is 32.1. The summed E-state index contributed by atoms with van der Waals surface area (Å²) in [6.45, 7) is 5.64. The molecule has 0 N–H and O–H groups in total. The van der Waals surface area contributed by atoms with Crippen molar-refractivity contribution in [1.82, 2.24) is 24.7 Å². The third kappa shape index (κ3) is 4.00. The van der Waals surface area contributed by atoms with E-state index in [4.69, 9.17) is 17.0 Å². The van der Waals surface area contributed by atoms with Gasteiger partial charge in [-0.2, -0.15) is 4.68 Å². The third-order valence-corrected chi connectivity index (χ3v) is 4.65. The van der Waals surface area contributed by atoms with Crippen LogP contribution in [-0.2, 0) is 13.2 Å². The maximum absolute atomic E-state index is 5.54. The van der Waals surface area contributed by atoms with E-state index >= 15 is 0 Å². The van der Waals surface area contributed by atoms with Gasteiger partial charge in [0.1, 0.15) is 5.75 Å². The van der Waals surface area contributed by atoms with Crippen molar-refractivity contribution in [2.45, 2.75) is 27.1 Å². The van der Waals surface area contributed by atoms with Gasteiger partial charge in [0.05, 0.1) is 19.5 Å². The summed E-state index contributed by atoms with van der Waals surface area (Å²) in [7, 11) is 3.69. The van der Waals surface area contributed by atoms with Gasteiger partial charge in [-0.05, 0) is 78.9 Å². The molecule has 0 aliphatic heterocycles. The Balaban J connectivity index is 1.74. The van der Waals surface area contributed by atoms with Crippen LogP contribution in [-0.4, -0.2) is 38.8 Å². The van der Waals surface area contributed by atoms with E-state index in [0.29, 0.717) is 11.4 Å². The fourth-order valence-corrected chi connectivity index (χ4v) is 3.08. The number of tetrazole rings is 1. The van der Waals surface area contributed by atoms with Crippen molar-refractivity contribution in [3.8, 4) is 11.4 Å². The third-order valence-electron chi connectivity index (χ3n) is 4.27. The topological polar surface area (TPSA) is 48.1 Å². The Morgan fingerprint density at radius 1 is 1.08 bits per heavy atom. The SMILES string of the molecule is COc1ccc(-n2nnn(CN(C)Cc3ccc(C)cc3C)c2=S)cc1. The molecule has 0 aliphatic carbocycles. The first-order valence-electron chi connectivity index (χ1n) is 8.40. The Morgan fingerprint density at radius 2 is 1.81 bits per heavy atom. The molecule has 0 unspecified atom stereocenters. The minimum atomic E-state index is 0.558. The lowest BCUT2D eigenvalue weighted by molar-refractivity contribution is 0.241. The van der Waals surface area contributed by atoms with Gasteiger partial charge in [0.2, 0.25) is 4.77 Å². The van der Waals surface area contributed by atoms with Crippen LogP contribution >= 0.6 is 12.2 Å². The summed E-state index contributed by atoms with van der Waals surface area (Å²) in [4.78, 5) is 2.17. The van der Waals surface area contributed by atoms with Crippen LogP contribution in [0.15, 0.2) is 42.5 Å². The van der Waals surface area contributed by atoms with Gasteiger partial charge in [-0.1, -0.05) is 23.8 Å². The summed E-state index contributed by atoms with van der Waals surface area (Å²) in [6.07, 6.45) is 0. The summed E-state index contributed by atoms with van der Waals surface area (Å²) in [6, 6.07) is 14.1. The van der Waals surface area contributed by atoms with Crippen LogP contribution in [0.3, 0.4) is 0 Å². The lowest BCUT2D eigenvalue weighted by Crippen LogP contribution is -2.23. The van der Waals surface area contributed by atoms with Gasteiger partial charge < -0.3 is 4.74 Å². The number of aromatic nitrogens is 4. The smallest absolute Gasteiger partial charge is 0.221 e. The predicted octanol–water partition coefficient (Wildman–Crippen LogP) is 3.51. The predicted molar refractivity (Wildman–Crippen MR) is 104 cm³/mol. The average molecular weight is 369 g/mol. The first-order valence-corrected chi connectivity index (χ1v) is 8.80. The highest BCUT2D eigenvalue weighted by molar-refractivity contribution is 7.71. The van der Waals surface area contributed by atoms with E-state index in [1.54, 1.807) is 16.5 Å². The molecule has 0 aliphatic rings. The van der Waals surface area contributed by atoms with Crippen molar-refractivity contribution in [3.63, 3.8) is 0 Å². The second kappa shape index (κ2) is 7.80. The molecule has 0 bridgehead atoms. The second-order valence-electron chi connectivity index (χ2n) is 6.46. The maximum atomic E-state index is 5.54. The number of nitrogens with zero attached hydrogens (tertiary/aromatic N) is 5. The van der Waals surface area contributed by atoms with Gasteiger partial charge in [-0.3, -0.25) is 4.90 Å². The average Bonchev–Trinajstić information content (AvgIpc) is 2.98. The van der Waals surface area contributed by atoms with E-state index in [0.717, 1.165) is 18.0 Å². The Kier molecular flexibility index (Phi) is 5.49. The van der Waals surface area contributed by atoms with E-state index in [-0.39, 0.29) is 0 Å². The number of ether oxygens (including phenoxy) is 1. The number of hydrogen-bond acceptors (Lipinski definition) is 5. The Hall–Kier alpha value is -2.51. The molecule has 2 aromatic carbocycles. The highest BCUT2D eigenvalue weighted by Gasteiger charge is 2.09. The van der Waals surface area contributed by atoms with E-state index in [2.05, 4.69) is 47.4 Å². The molecule has 3 rings (SSSR count). The van der Waals surface area contributed by atoms with Crippen molar-refractivity contribution >= 4 is 12.2 Å². The molecule has 1 aromatic heterocycles. The van der Waals surface area contributed by atoms with Crippen molar-refractivity contribution < 1.29 is 4.74 Å². The molecule has 136 valence electrons. The Bertz CT molecular complexity index is 945. The van der Waals surface area contributed by atoms with Crippen LogP contribution in [0.1, 0.15) is 16.7 Å². The van der Waals surface area contributed by atoms with Crippen LogP contribution in [0, 0.1) is 18.6 Å². The van der Waals surface area contributed by atoms with E-state index < -0.39 is 0 Å². The zero-order chi connectivity index (χ0) is 18.7. The number of methoxy groups -OCH3 is 1. The van der Waals surface area contributed by atoms with E-state index in [1.165, 1.54) is 16.7 Å². The van der Waals surface area contributed by atoms with Gasteiger partial charge in [-0.15, -0.1) is 0 Å². The van der Waals surface area contributed by atoms with E-state index in [9.17, 15) is 0 Å². The summed E-state index contributed by atoms with van der Waals surface area (Å²) >= 11 is 5.54. The van der Waals surface area contributed by atoms with Gasteiger partial charge in [0, 0.05) is 6.54 Å². The molecule has 0 atom stereocenters. The fourth-order valence-electron chi connectivity index (χ4n) is 2.84. The van der Waals surface area contributed by atoms with Crippen LogP contribution in [0.4, 0.5) is 0 Å². The molecule has 0 spiro atoms. The van der Waals surface area contributed by atoms with Crippen LogP contribution in [0.2, 0.25) is 0 Å². The molecule has 0 amide bonds. The van der Waals surface area contributed by atoms with Gasteiger partial charge in [0.25, 0.3) is 0 Å². The standard InChI is InChI=1S/C19H23N5OS/c1-14-5-6-16(15(2)11-14)12-22(3)13-23-19(26)24(21-20-23)17-7-9-18(25-4)10-8-17/h5-11H,12-13H2,1-4H3. The molecule has 26 heavy (non-hydrogen) atoms. The molecule has 6 nitrogen and oxygen atoms in total. The highest BCUT2D eigenvalue weighted by Crippen LogP contribution is 2.15. The number of hydrogen-bond donors (Lipinski definition) is 0. The Morgan fingerprint density at radius 3 is 2.46 bits per heavy atom. The maximum Gasteiger partial charge on any atom is 0.221 e. The number of benzene rings is 2. The van der Waals surface area contributed by atoms with Crippen LogP contribution < -0.4 is 4.74 Å². The minimum absolute atomic E-state index is 0.558. The van der Waals surface area contributed by atoms with Gasteiger partial charge in [-0.25, -0.2) is 4.68 Å². The lowest BCUT2D eigenvalue weighted by atomic mass is 10.1.